The van der Waals surface area contributed by atoms with Crippen molar-refractivity contribution in [2.75, 3.05) is 26.7 Å². The summed E-state index contributed by atoms with van der Waals surface area (Å²) in [5.41, 5.74) is 0.708. The maximum absolute atomic E-state index is 13.0. The number of pyridine rings is 1. The van der Waals surface area contributed by atoms with Crippen molar-refractivity contribution in [3.63, 3.8) is 0 Å². The number of aromatic amines is 1. The summed E-state index contributed by atoms with van der Waals surface area (Å²) < 4.78 is 5.77. The number of hydrogen-bond donors (Lipinski definition) is 1. The fraction of sp³-hybridized carbons (Fsp3) is 0.389. The van der Waals surface area contributed by atoms with Gasteiger partial charge in [-0.3, -0.25) is 14.4 Å². The quantitative estimate of drug-likeness (QED) is 0.823. The second-order valence-corrected chi connectivity index (χ2v) is 6.53. The summed E-state index contributed by atoms with van der Waals surface area (Å²) in [6.45, 7) is 1.20. The van der Waals surface area contributed by atoms with Crippen LogP contribution in [0.25, 0.3) is 10.9 Å². The van der Waals surface area contributed by atoms with Crippen molar-refractivity contribution in [2.24, 2.45) is 0 Å². The number of benzene rings is 1. The second kappa shape index (κ2) is 6.00. The Morgan fingerprint density at radius 1 is 1.24 bits per heavy atom. The van der Waals surface area contributed by atoms with Crippen molar-refractivity contribution < 1.29 is 14.3 Å². The molecule has 0 aliphatic carbocycles. The van der Waals surface area contributed by atoms with Crippen molar-refractivity contribution in [3.05, 3.63) is 46.2 Å². The number of nitrogens with one attached hydrogen (secondary N) is 1. The van der Waals surface area contributed by atoms with E-state index in [0.29, 0.717) is 42.6 Å². The van der Waals surface area contributed by atoms with Gasteiger partial charge in [-0.2, -0.15) is 0 Å². The average Bonchev–Trinajstić information content (AvgIpc) is 2.98. The molecule has 2 atom stereocenters. The van der Waals surface area contributed by atoms with Gasteiger partial charge < -0.3 is 19.5 Å². The van der Waals surface area contributed by atoms with E-state index in [1.807, 2.05) is 18.2 Å². The minimum absolute atomic E-state index is 0.0309. The fourth-order valence-electron chi connectivity index (χ4n) is 3.67. The van der Waals surface area contributed by atoms with E-state index >= 15 is 0 Å². The Morgan fingerprint density at radius 3 is 2.88 bits per heavy atom. The summed E-state index contributed by atoms with van der Waals surface area (Å²) in [5, 5.41) is 0.713. The van der Waals surface area contributed by atoms with Gasteiger partial charge in [0.05, 0.1) is 30.7 Å². The molecule has 0 unspecified atom stereocenters. The minimum Gasteiger partial charge on any atom is -0.374 e. The molecular weight excluding hydrogens is 322 g/mol. The first kappa shape index (κ1) is 15.8. The largest absolute Gasteiger partial charge is 0.374 e. The maximum Gasteiger partial charge on any atom is 0.254 e. The summed E-state index contributed by atoms with van der Waals surface area (Å²) in [6, 6.07) is 8.44. The standard InChI is InChI=1S/C18H19N3O4/c1-20-14-9-21(10-15(14)25-7-6-17(20)23)18(24)12-8-16(22)19-13-5-3-2-4-11(12)13/h2-5,8,14-15H,6-7,9-10H2,1H3,(H,19,22)/t14-,15-/m0/s1. The number of fused-ring (bicyclic) bond motifs is 2. The molecule has 2 aromatic rings. The summed E-state index contributed by atoms with van der Waals surface area (Å²) in [7, 11) is 1.76. The van der Waals surface area contributed by atoms with E-state index in [-0.39, 0.29) is 29.5 Å². The van der Waals surface area contributed by atoms with Crippen LogP contribution in [0.15, 0.2) is 35.1 Å². The van der Waals surface area contributed by atoms with Crippen LogP contribution in [-0.2, 0) is 9.53 Å². The van der Waals surface area contributed by atoms with E-state index < -0.39 is 0 Å². The van der Waals surface area contributed by atoms with E-state index in [9.17, 15) is 14.4 Å². The number of likely N-dealkylation sites (N-methyl/N-ethyl adjacent to an activating group) is 1. The molecule has 25 heavy (non-hydrogen) atoms. The van der Waals surface area contributed by atoms with E-state index in [0.717, 1.165) is 0 Å². The molecule has 2 saturated heterocycles. The van der Waals surface area contributed by atoms with Crippen LogP contribution < -0.4 is 5.56 Å². The number of para-hydroxylation sites is 1. The number of carbonyl (C=O) groups is 2. The van der Waals surface area contributed by atoms with Gasteiger partial charge in [-0.05, 0) is 6.07 Å². The molecule has 2 aliphatic rings. The lowest BCUT2D eigenvalue weighted by Gasteiger charge is -2.25. The Bertz CT molecular complexity index is 907. The number of ether oxygens (including phenoxy) is 1. The number of likely N-dealkylation sites (tertiary alicyclic amines) is 1. The van der Waals surface area contributed by atoms with E-state index in [1.54, 1.807) is 22.9 Å². The highest BCUT2D eigenvalue weighted by molar-refractivity contribution is 6.06. The van der Waals surface area contributed by atoms with Crippen molar-refractivity contribution in [2.45, 2.75) is 18.6 Å². The molecule has 0 bridgehead atoms. The monoisotopic (exact) mass is 341 g/mol. The van der Waals surface area contributed by atoms with Crippen molar-refractivity contribution in [1.29, 1.82) is 0 Å². The predicted molar refractivity (Wildman–Crippen MR) is 91.4 cm³/mol. The molecule has 2 amide bonds. The Hall–Kier alpha value is -2.67. The van der Waals surface area contributed by atoms with Gasteiger partial charge in [-0.1, -0.05) is 18.2 Å². The molecule has 7 nitrogen and oxygen atoms in total. The topological polar surface area (TPSA) is 82.7 Å². The van der Waals surface area contributed by atoms with Crippen LogP contribution in [0.2, 0.25) is 0 Å². The van der Waals surface area contributed by atoms with Gasteiger partial charge in [0, 0.05) is 37.1 Å². The van der Waals surface area contributed by atoms with Crippen LogP contribution in [0.1, 0.15) is 16.8 Å². The Kier molecular flexibility index (Phi) is 3.80. The van der Waals surface area contributed by atoms with Crippen molar-refractivity contribution >= 4 is 22.7 Å². The van der Waals surface area contributed by atoms with Crippen LogP contribution in [-0.4, -0.2) is 65.5 Å². The lowest BCUT2D eigenvalue weighted by atomic mass is 10.1. The Morgan fingerprint density at radius 2 is 2.04 bits per heavy atom. The highest BCUT2D eigenvalue weighted by Gasteiger charge is 2.41. The van der Waals surface area contributed by atoms with E-state index in [2.05, 4.69) is 4.98 Å². The molecule has 1 aromatic heterocycles. The van der Waals surface area contributed by atoms with E-state index in [4.69, 9.17) is 4.74 Å². The maximum atomic E-state index is 13.0. The van der Waals surface area contributed by atoms with Gasteiger partial charge in [-0.25, -0.2) is 0 Å². The molecule has 3 heterocycles. The first-order valence-electron chi connectivity index (χ1n) is 8.33. The summed E-state index contributed by atoms with van der Waals surface area (Å²) in [4.78, 5) is 43.1. The molecule has 0 spiro atoms. The number of hydrogen-bond acceptors (Lipinski definition) is 4. The SMILES string of the molecule is CN1C(=O)CCO[C@H]2CN(C(=O)c3cc(=O)[nH]c4ccccc34)C[C@@H]21. The molecule has 2 aliphatic heterocycles. The third-order valence-corrected chi connectivity index (χ3v) is 5.04. The molecule has 1 aromatic carbocycles. The number of H-pyrrole nitrogens is 1. The molecule has 4 rings (SSSR count). The van der Waals surface area contributed by atoms with Crippen LogP contribution in [0.4, 0.5) is 0 Å². The summed E-state index contributed by atoms with van der Waals surface area (Å²) in [5.74, 6) is -0.178. The molecule has 130 valence electrons. The molecular formula is C18H19N3O4. The predicted octanol–water partition coefficient (Wildman–Crippen LogP) is 0.600. The first-order valence-corrected chi connectivity index (χ1v) is 8.33. The van der Waals surface area contributed by atoms with Crippen LogP contribution in [0, 0.1) is 0 Å². The lowest BCUT2D eigenvalue weighted by molar-refractivity contribution is -0.131. The summed E-state index contributed by atoms with van der Waals surface area (Å²) in [6.07, 6.45) is 0.185. The second-order valence-electron chi connectivity index (χ2n) is 6.53. The molecule has 0 saturated carbocycles. The number of rotatable bonds is 1. The van der Waals surface area contributed by atoms with Crippen molar-refractivity contribution in [3.8, 4) is 0 Å². The zero-order valence-corrected chi connectivity index (χ0v) is 13.9. The summed E-state index contributed by atoms with van der Waals surface area (Å²) >= 11 is 0. The number of carbonyl (C=O) groups excluding carboxylic acids is 2. The van der Waals surface area contributed by atoms with Crippen LogP contribution in [0.5, 0.6) is 0 Å². The Balaban J connectivity index is 1.67. The normalized spacial score (nSPS) is 23.6. The fourth-order valence-corrected chi connectivity index (χ4v) is 3.67. The van der Waals surface area contributed by atoms with Crippen molar-refractivity contribution in [1.82, 2.24) is 14.8 Å². The highest BCUT2D eigenvalue weighted by Crippen LogP contribution is 2.25. The molecule has 7 heteroatoms. The third kappa shape index (κ3) is 2.70. The number of aromatic nitrogens is 1. The van der Waals surface area contributed by atoms with Gasteiger partial charge in [0.2, 0.25) is 11.5 Å². The van der Waals surface area contributed by atoms with Gasteiger partial charge in [-0.15, -0.1) is 0 Å². The van der Waals surface area contributed by atoms with E-state index in [1.165, 1.54) is 6.07 Å². The van der Waals surface area contributed by atoms with Gasteiger partial charge in [0.25, 0.3) is 5.91 Å². The number of amides is 2. The highest BCUT2D eigenvalue weighted by atomic mass is 16.5. The third-order valence-electron chi connectivity index (χ3n) is 5.04. The molecule has 2 fully saturated rings. The number of nitrogens with zero attached hydrogens (tertiary/aromatic N) is 2. The van der Waals surface area contributed by atoms with Gasteiger partial charge in [0.1, 0.15) is 0 Å². The van der Waals surface area contributed by atoms with Gasteiger partial charge >= 0.3 is 0 Å². The molecule has 1 N–H and O–H groups in total. The van der Waals surface area contributed by atoms with Gasteiger partial charge in [0.15, 0.2) is 0 Å². The first-order chi connectivity index (χ1) is 12.0. The minimum atomic E-state index is -0.306. The van der Waals surface area contributed by atoms with Crippen LogP contribution in [0.3, 0.4) is 0 Å². The lowest BCUT2D eigenvalue weighted by Crippen LogP contribution is -2.43. The average molecular weight is 341 g/mol. The zero-order chi connectivity index (χ0) is 17.6. The Labute approximate surface area is 144 Å². The molecule has 0 radical (unpaired) electrons. The smallest absolute Gasteiger partial charge is 0.254 e. The zero-order valence-electron chi connectivity index (χ0n) is 13.9. The van der Waals surface area contributed by atoms with Crippen LogP contribution >= 0.6 is 0 Å².